The van der Waals surface area contributed by atoms with Gasteiger partial charge in [-0.1, -0.05) is 30.3 Å². The summed E-state index contributed by atoms with van der Waals surface area (Å²) in [6.07, 6.45) is 5.16. The van der Waals surface area contributed by atoms with Crippen molar-refractivity contribution >= 4 is 23.2 Å². The summed E-state index contributed by atoms with van der Waals surface area (Å²) in [6.45, 7) is 4.25. The molecule has 152 valence electrons. The number of hydrogen-bond donors (Lipinski definition) is 2. The first-order valence-corrected chi connectivity index (χ1v) is 10.6. The zero-order chi connectivity index (χ0) is 20.4. The Kier molecular flexibility index (Phi) is 5.67. The Morgan fingerprint density at radius 3 is 2.76 bits per heavy atom. The predicted molar refractivity (Wildman–Crippen MR) is 116 cm³/mol. The topological polar surface area (TPSA) is 61.4 Å². The molecule has 0 bridgehead atoms. The highest BCUT2D eigenvalue weighted by Gasteiger charge is 2.29. The largest absolute Gasteiger partial charge is 0.324 e. The maximum atomic E-state index is 13.1. The molecule has 0 aromatic heterocycles. The summed E-state index contributed by atoms with van der Waals surface area (Å²) in [4.78, 5) is 27.0. The molecule has 0 unspecified atom stereocenters. The van der Waals surface area contributed by atoms with Crippen LogP contribution in [0.3, 0.4) is 0 Å². The monoisotopic (exact) mass is 391 g/mol. The van der Waals surface area contributed by atoms with Gasteiger partial charge in [-0.25, -0.2) is 0 Å². The molecule has 5 nitrogen and oxygen atoms in total. The summed E-state index contributed by atoms with van der Waals surface area (Å²) < 4.78 is 0. The van der Waals surface area contributed by atoms with Crippen molar-refractivity contribution in [2.75, 3.05) is 16.8 Å². The fourth-order valence-electron chi connectivity index (χ4n) is 4.43. The van der Waals surface area contributed by atoms with Crippen LogP contribution in [0.4, 0.5) is 11.4 Å². The Hall–Kier alpha value is -2.66. The van der Waals surface area contributed by atoms with Crippen molar-refractivity contribution in [2.45, 2.75) is 58.0 Å². The average Bonchev–Trinajstić information content (AvgIpc) is 2.85. The van der Waals surface area contributed by atoms with Gasteiger partial charge in [0, 0.05) is 18.5 Å². The van der Waals surface area contributed by atoms with Crippen molar-refractivity contribution < 1.29 is 9.59 Å². The minimum atomic E-state index is -0.188. The molecule has 0 radical (unpaired) electrons. The van der Waals surface area contributed by atoms with Crippen LogP contribution in [0.5, 0.6) is 0 Å². The molecular formula is C24H29N3O2. The van der Waals surface area contributed by atoms with Crippen molar-refractivity contribution in [1.29, 1.82) is 0 Å². The molecule has 0 saturated carbocycles. The van der Waals surface area contributed by atoms with Gasteiger partial charge in [-0.15, -0.1) is 0 Å². The molecule has 2 aromatic rings. The van der Waals surface area contributed by atoms with Gasteiger partial charge in [-0.2, -0.15) is 0 Å². The zero-order valence-corrected chi connectivity index (χ0v) is 17.2. The number of carbonyl (C=O) groups is 2. The highest BCUT2D eigenvalue weighted by Crippen LogP contribution is 2.31. The number of hydrogen-bond acceptors (Lipinski definition) is 3. The van der Waals surface area contributed by atoms with E-state index in [2.05, 4.69) is 35.8 Å². The van der Waals surface area contributed by atoms with Gasteiger partial charge in [0.25, 0.3) is 0 Å². The summed E-state index contributed by atoms with van der Waals surface area (Å²) in [5, 5.41) is 6.29. The number of benzene rings is 2. The highest BCUT2D eigenvalue weighted by atomic mass is 16.2. The standard InChI is InChI=1S/C24H29N3O2/c1-16-13-23(28)26-21-9-5-6-10-22(21)27(16)24(29)15-25-17(2)19-12-11-18-7-3-4-8-20(18)14-19/h5-6,9-12,14,16-17,25H,3-4,7-8,13,15H2,1-2H3,(H,26,28)/t16-,17-/m1/s1. The van der Waals surface area contributed by atoms with Gasteiger partial charge >= 0.3 is 0 Å². The first kappa shape index (κ1) is 19.6. The van der Waals surface area contributed by atoms with Crippen LogP contribution in [-0.4, -0.2) is 24.4 Å². The van der Waals surface area contributed by atoms with Crippen LogP contribution in [-0.2, 0) is 22.4 Å². The summed E-state index contributed by atoms with van der Waals surface area (Å²) in [7, 11) is 0. The number of nitrogens with zero attached hydrogens (tertiary/aromatic N) is 1. The van der Waals surface area contributed by atoms with E-state index in [0.717, 1.165) is 12.1 Å². The van der Waals surface area contributed by atoms with Crippen LogP contribution in [0, 0.1) is 0 Å². The SMILES string of the molecule is C[C@@H]1CC(=O)Nc2ccccc2N1C(=O)CN[C@H](C)c1ccc2c(c1)CCCC2. The van der Waals surface area contributed by atoms with Gasteiger partial charge in [-0.3, -0.25) is 9.59 Å². The number of fused-ring (bicyclic) bond motifs is 2. The first-order valence-electron chi connectivity index (χ1n) is 10.6. The first-order chi connectivity index (χ1) is 14.0. The van der Waals surface area contributed by atoms with Gasteiger partial charge in [-0.05, 0) is 68.4 Å². The second kappa shape index (κ2) is 8.37. The Balaban J connectivity index is 1.47. The van der Waals surface area contributed by atoms with Crippen molar-refractivity contribution in [1.82, 2.24) is 5.32 Å². The highest BCUT2D eigenvalue weighted by molar-refractivity contribution is 6.04. The minimum Gasteiger partial charge on any atom is -0.324 e. The molecule has 4 rings (SSSR count). The van der Waals surface area contributed by atoms with Crippen LogP contribution in [0.15, 0.2) is 42.5 Å². The van der Waals surface area contributed by atoms with Crippen molar-refractivity contribution in [3.05, 3.63) is 59.2 Å². The summed E-state index contributed by atoms with van der Waals surface area (Å²) in [5.74, 6) is -0.0816. The normalized spacial score (nSPS) is 19.6. The van der Waals surface area contributed by atoms with Gasteiger partial charge in [0.2, 0.25) is 11.8 Å². The fourth-order valence-corrected chi connectivity index (χ4v) is 4.43. The van der Waals surface area contributed by atoms with E-state index in [1.807, 2.05) is 31.2 Å². The molecular weight excluding hydrogens is 362 g/mol. The lowest BCUT2D eigenvalue weighted by Crippen LogP contribution is -2.44. The van der Waals surface area contributed by atoms with Gasteiger partial charge in [0.1, 0.15) is 0 Å². The number of nitrogens with one attached hydrogen (secondary N) is 2. The molecule has 0 spiro atoms. The second-order valence-electron chi connectivity index (χ2n) is 8.22. The number of amides is 2. The van der Waals surface area contributed by atoms with Gasteiger partial charge in [0.05, 0.1) is 17.9 Å². The third-order valence-electron chi connectivity index (χ3n) is 6.06. The van der Waals surface area contributed by atoms with Crippen LogP contribution in [0.2, 0.25) is 0 Å². The third kappa shape index (κ3) is 4.20. The minimum absolute atomic E-state index is 0.0220. The van der Waals surface area contributed by atoms with E-state index < -0.39 is 0 Å². The Bertz CT molecular complexity index is 924. The number of rotatable bonds is 4. The maximum Gasteiger partial charge on any atom is 0.241 e. The van der Waals surface area contributed by atoms with Crippen LogP contribution < -0.4 is 15.5 Å². The second-order valence-corrected chi connectivity index (χ2v) is 8.22. The molecule has 1 aliphatic heterocycles. The van der Waals surface area contributed by atoms with Crippen molar-refractivity contribution in [3.63, 3.8) is 0 Å². The summed E-state index contributed by atoms with van der Waals surface area (Å²) in [6, 6.07) is 14.1. The molecule has 5 heteroatoms. The number of carbonyl (C=O) groups excluding carboxylic acids is 2. The number of anilines is 2. The molecule has 2 aliphatic rings. The lowest BCUT2D eigenvalue weighted by Gasteiger charge is -2.28. The number of aryl methyl sites for hydroxylation is 2. The Morgan fingerprint density at radius 2 is 1.93 bits per heavy atom. The molecule has 2 amide bonds. The van der Waals surface area contributed by atoms with E-state index in [1.165, 1.54) is 36.0 Å². The van der Waals surface area contributed by atoms with Crippen molar-refractivity contribution in [3.8, 4) is 0 Å². The number of para-hydroxylation sites is 2. The van der Waals surface area contributed by atoms with Crippen LogP contribution >= 0.6 is 0 Å². The molecule has 0 saturated heterocycles. The molecule has 1 heterocycles. The van der Waals surface area contributed by atoms with E-state index in [0.29, 0.717) is 12.1 Å². The lowest BCUT2D eigenvalue weighted by molar-refractivity contribution is -0.118. The maximum absolute atomic E-state index is 13.1. The quantitative estimate of drug-likeness (QED) is 0.829. The van der Waals surface area contributed by atoms with Crippen molar-refractivity contribution in [2.24, 2.45) is 0 Å². The van der Waals surface area contributed by atoms with E-state index in [-0.39, 0.29) is 30.4 Å². The van der Waals surface area contributed by atoms with Crippen LogP contribution in [0.25, 0.3) is 0 Å². The molecule has 1 aliphatic carbocycles. The average molecular weight is 392 g/mol. The summed E-state index contributed by atoms with van der Waals surface area (Å²) >= 11 is 0. The van der Waals surface area contributed by atoms with Gasteiger partial charge in [0.15, 0.2) is 0 Å². The predicted octanol–water partition coefficient (Wildman–Crippen LogP) is 3.98. The van der Waals surface area contributed by atoms with Gasteiger partial charge < -0.3 is 15.5 Å². The van der Waals surface area contributed by atoms with E-state index in [9.17, 15) is 9.59 Å². The molecule has 2 N–H and O–H groups in total. The van der Waals surface area contributed by atoms with Crippen LogP contribution in [0.1, 0.15) is 55.8 Å². The Morgan fingerprint density at radius 1 is 1.17 bits per heavy atom. The fraction of sp³-hybridized carbons (Fsp3) is 0.417. The lowest BCUT2D eigenvalue weighted by atomic mass is 9.89. The van der Waals surface area contributed by atoms with E-state index >= 15 is 0 Å². The zero-order valence-electron chi connectivity index (χ0n) is 17.2. The van der Waals surface area contributed by atoms with E-state index in [1.54, 1.807) is 4.90 Å². The van der Waals surface area contributed by atoms with E-state index in [4.69, 9.17) is 0 Å². The molecule has 2 aromatic carbocycles. The summed E-state index contributed by atoms with van der Waals surface area (Å²) in [5.41, 5.74) is 5.60. The third-order valence-corrected chi connectivity index (χ3v) is 6.06. The molecule has 2 atom stereocenters. The Labute approximate surface area is 172 Å². The molecule has 29 heavy (non-hydrogen) atoms. The smallest absolute Gasteiger partial charge is 0.241 e. The molecule has 0 fully saturated rings.